The molecule has 3 aromatic rings. The van der Waals surface area contributed by atoms with Crippen molar-refractivity contribution in [2.45, 2.75) is 11.8 Å². The van der Waals surface area contributed by atoms with E-state index in [1.807, 2.05) is 43.3 Å². The maximum atomic E-state index is 12.3. The molecule has 1 aromatic heterocycles. The van der Waals surface area contributed by atoms with Crippen LogP contribution in [0.1, 0.15) is 15.9 Å². The number of furan rings is 1. The first-order valence-electron chi connectivity index (χ1n) is 6.59. The molecule has 1 heterocycles. The summed E-state index contributed by atoms with van der Waals surface area (Å²) in [5, 5.41) is 0.767. The van der Waals surface area contributed by atoms with Crippen LogP contribution in [0.3, 0.4) is 0 Å². The summed E-state index contributed by atoms with van der Waals surface area (Å²) in [7, 11) is -1.34. The third-order valence-electron chi connectivity index (χ3n) is 3.33. The number of fused-ring (bicyclic) bond motifs is 1. The number of hydrogen-bond donors (Lipinski definition) is 0. The highest BCUT2D eigenvalue weighted by Gasteiger charge is 2.17. The van der Waals surface area contributed by atoms with Gasteiger partial charge in [0.25, 0.3) is 0 Å². The summed E-state index contributed by atoms with van der Waals surface area (Å²) in [5.74, 6) is -0.203. The molecule has 1 atom stereocenters. The summed E-state index contributed by atoms with van der Waals surface area (Å²) < 4.78 is 17.6. The Morgan fingerprint density at radius 1 is 1.10 bits per heavy atom. The van der Waals surface area contributed by atoms with Gasteiger partial charge in [-0.1, -0.05) is 35.9 Å². The molecule has 0 N–H and O–H groups in total. The number of hydrogen-bond acceptors (Lipinski definition) is 3. The number of ketones is 1. The van der Waals surface area contributed by atoms with Gasteiger partial charge in [-0.3, -0.25) is 9.00 Å². The van der Waals surface area contributed by atoms with Gasteiger partial charge in [-0.2, -0.15) is 0 Å². The summed E-state index contributed by atoms with van der Waals surface area (Å²) in [6, 6.07) is 14.7. The minimum atomic E-state index is -1.34. The van der Waals surface area contributed by atoms with E-state index in [1.54, 1.807) is 12.1 Å². The molecule has 0 saturated heterocycles. The van der Waals surface area contributed by atoms with Gasteiger partial charge in [0.2, 0.25) is 0 Å². The minimum absolute atomic E-state index is 0.0351. The molecule has 2 aromatic carbocycles. The fraction of sp³-hybridized carbons (Fsp3) is 0.118. The zero-order valence-electron chi connectivity index (χ0n) is 11.5. The van der Waals surface area contributed by atoms with Crippen LogP contribution in [0, 0.1) is 6.92 Å². The van der Waals surface area contributed by atoms with Crippen LogP contribution in [0.25, 0.3) is 11.0 Å². The average molecular weight is 298 g/mol. The fourth-order valence-corrected chi connectivity index (χ4v) is 3.16. The fourth-order valence-electron chi connectivity index (χ4n) is 2.16. The first kappa shape index (κ1) is 13.8. The summed E-state index contributed by atoms with van der Waals surface area (Å²) in [4.78, 5) is 13.0. The molecule has 0 fully saturated rings. The Hall–Kier alpha value is -2.20. The molecule has 0 aliphatic rings. The molecule has 0 amide bonds. The van der Waals surface area contributed by atoms with Gasteiger partial charge in [-0.05, 0) is 25.1 Å². The lowest BCUT2D eigenvalue weighted by Crippen LogP contribution is -2.10. The smallest absolute Gasteiger partial charge is 0.179 e. The molecule has 0 bridgehead atoms. The molecule has 3 rings (SSSR count). The van der Waals surface area contributed by atoms with Crippen LogP contribution in [0.2, 0.25) is 0 Å². The number of carbonyl (C=O) groups excluding carboxylic acids is 1. The third-order valence-corrected chi connectivity index (χ3v) is 4.65. The average Bonchev–Trinajstić information content (AvgIpc) is 2.92. The molecule has 0 spiro atoms. The predicted octanol–water partition coefficient (Wildman–Crippen LogP) is 3.73. The first-order valence-corrected chi connectivity index (χ1v) is 7.91. The zero-order valence-corrected chi connectivity index (χ0v) is 12.4. The van der Waals surface area contributed by atoms with Crippen molar-refractivity contribution in [3.8, 4) is 0 Å². The van der Waals surface area contributed by atoms with E-state index in [2.05, 4.69) is 0 Å². The molecule has 1 unspecified atom stereocenters. The van der Waals surface area contributed by atoms with Crippen LogP contribution in [0.15, 0.2) is 64.1 Å². The van der Waals surface area contributed by atoms with Gasteiger partial charge < -0.3 is 4.42 Å². The molecule has 106 valence electrons. The third kappa shape index (κ3) is 2.81. The second kappa shape index (κ2) is 5.66. The molecule has 0 aliphatic carbocycles. The molecule has 21 heavy (non-hydrogen) atoms. The number of para-hydroxylation sites is 1. The second-order valence-electron chi connectivity index (χ2n) is 4.87. The minimum Gasteiger partial charge on any atom is -0.464 e. The van der Waals surface area contributed by atoms with Crippen LogP contribution >= 0.6 is 0 Å². The van der Waals surface area contributed by atoms with Crippen molar-refractivity contribution in [2.24, 2.45) is 0 Å². The van der Waals surface area contributed by atoms with E-state index in [1.165, 1.54) is 6.26 Å². The predicted molar refractivity (Wildman–Crippen MR) is 83.0 cm³/mol. The second-order valence-corrected chi connectivity index (χ2v) is 6.32. The van der Waals surface area contributed by atoms with Gasteiger partial charge in [-0.15, -0.1) is 0 Å². The standard InChI is InChI=1S/C17H14O3S/c1-12-6-8-13(9-7-12)21(19)11-16(18)15-10-20-17-5-3-2-4-14(15)17/h2-10H,11H2,1H3. The van der Waals surface area contributed by atoms with Crippen molar-refractivity contribution in [3.63, 3.8) is 0 Å². The van der Waals surface area contributed by atoms with Crippen molar-refractivity contribution in [2.75, 3.05) is 5.75 Å². The van der Waals surface area contributed by atoms with Gasteiger partial charge in [0.05, 0.1) is 22.1 Å². The lowest BCUT2D eigenvalue weighted by molar-refractivity contribution is 0.102. The topological polar surface area (TPSA) is 47.3 Å². The lowest BCUT2D eigenvalue weighted by Gasteiger charge is -2.02. The number of rotatable bonds is 4. The number of carbonyl (C=O) groups is 1. The summed E-state index contributed by atoms with van der Waals surface area (Å²) in [5.41, 5.74) is 2.26. The van der Waals surface area contributed by atoms with Crippen molar-refractivity contribution in [1.29, 1.82) is 0 Å². The quantitative estimate of drug-likeness (QED) is 0.689. The van der Waals surface area contributed by atoms with Gasteiger partial charge in [0.15, 0.2) is 5.78 Å². The molecule has 4 heteroatoms. The number of benzene rings is 2. The molecule has 3 nitrogen and oxygen atoms in total. The summed E-state index contributed by atoms with van der Waals surface area (Å²) >= 11 is 0. The van der Waals surface area contributed by atoms with Crippen LogP contribution < -0.4 is 0 Å². The van der Waals surface area contributed by atoms with E-state index >= 15 is 0 Å². The maximum absolute atomic E-state index is 12.3. The van der Waals surface area contributed by atoms with E-state index < -0.39 is 10.8 Å². The molecular weight excluding hydrogens is 284 g/mol. The zero-order chi connectivity index (χ0) is 14.8. The maximum Gasteiger partial charge on any atom is 0.179 e. The number of aryl methyl sites for hydroxylation is 1. The summed E-state index contributed by atoms with van der Waals surface area (Å²) in [6.07, 6.45) is 1.44. The van der Waals surface area contributed by atoms with E-state index in [4.69, 9.17) is 4.42 Å². The highest BCUT2D eigenvalue weighted by atomic mass is 32.2. The van der Waals surface area contributed by atoms with Crippen LogP contribution in [0.4, 0.5) is 0 Å². The SMILES string of the molecule is Cc1ccc(S(=O)CC(=O)c2coc3ccccc23)cc1. The largest absolute Gasteiger partial charge is 0.464 e. The molecule has 0 aliphatic heterocycles. The lowest BCUT2D eigenvalue weighted by atomic mass is 10.1. The summed E-state index contributed by atoms with van der Waals surface area (Å²) in [6.45, 7) is 1.97. The molecule has 0 radical (unpaired) electrons. The van der Waals surface area contributed by atoms with Crippen molar-refractivity contribution in [3.05, 3.63) is 65.9 Å². The first-order chi connectivity index (χ1) is 10.1. The molecule has 0 saturated carbocycles. The van der Waals surface area contributed by atoms with Crippen LogP contribution in [-0.4, -0.2) is 15.7 Å². The molecular formula is C17H14O3S. The van der Waals surface area contributed by atoms with Crippen molar-refractivity contribution >= 4 is 27.6 Å². The number of Topliss-reactive ketones (excluding diaryl/α,β-unsaturated/α-hetero) is 1. The Morgan fingerprint density at radius 2 is 1.81 bits per heavy atom. The van der Waals surface area contributed by atoms with Gasteiger partial charge in [0, 0.05) is 10.3 Å². The Kier molecular flexibility index (Phi) is 3.71. The van der Waals surface area contributed by atoms with E-state index in [9.17, 15) is 9.00 Å². The van der Waals surface area contributed by atoms with Gasteiger partial charge in [-0.25, -0.2) is 0 Å². The highest BCUT2D eigenvalue weighted by Crippen LogP contribution is 2.22. The van der Waals surface area contributed by atoms with E-state index in [0.29, 0.717) is 16.0 Å². The Balaban J connectivity index is 1.83. The monoisotopic (exact) mass is 298 g/mol. The Bertz CT molecular complexity index is 815. The normalized spacial score (nSPS) is 12.4. The van der Waals surface area contributed by atoms with Gasteiger partial charge in [0.1, 0.15) is 11.8 Å². The van der Waals surface area contributed by atoms with Crippen molar-refractivity contribution < 1.29 is 13.4 Å². The van der Waals surface area contributed by atoms with Crippen LogP contribution in [0.5, 0.6) is 0 Å². The van der Waals surface area contributed by atoms with Crippen LogP contribution in [-0.2, 0) is 10.8 Å². The van der Waals surface area contributed by atoms with E-state index in [0.717, 1.165) is 10.9 Å². The highest BCUT2D eigenvalue weighted by molar-refractivity contribution is 7.85. The Morgan fingerprint density at radius 3 is 2.57 bits per heavy atom. The van der Waals surface area contributed by atoms with Gasteiger partial charge >= 0.3 is 0 Å². The Labute approximate surface area is 125 Å². The van der Waals surface area contributed by atoms with E-state index in [-0.39, 0.29) is 11.5 Å². The van der Waals surface area contributed by atoms with Crippen molar-refractivity contribution in [1.82, 2.24) is 0 Å².